The first-order chi connectivity index (χ1) is 12.2. The average molecular weight is 341 g/mol. The van der Waals surface area contributed by atoms with Gasteiger partial charge in [0.15, 0.2) is 0 Å². The van der Waals surface area contributed by atoms with Gasteiger partial charge in [-0.2, -0.15) is 0 Å². The highest BCUT2D eigenvalue weighted by Gasteiger charge is 2.09. The zero-order chi connectivity index (χ0) is 17.5. The number of nitrogens with one attached hydrogen (secondary N) is 2. The molecule has 0 bridgehead atoms. The second-order valence-corrected chi connectivity index (χ2v) is 6.41. The third-order valence-electron chi connectivity index (χ3n) is 4.23. The molecule has 0 saturated carbocycles. The summed E-state index contributed by atoms with van der Waals surface area (Å²) in [6.07, 6.45) is 0. The van der Waals surface area contributed by atoms with Crippen LogP contribution < -0.4 is 10.6 Å². The lowest BCUT2D eigenvalue weighted by atomic mass is 10.1. The van der Waals surface area contributed by atoms with Gasteiger partial charge in [0.1, 0.15) is 17.5 Å². The first kappa shape index (κ1) is 17.6. The second kappa shape index (κ2) is 8.78. The van der Waals surface area contributed by atoms with Crippen molar-refractivity contribution in [1.29, 1.82) is 0 Å². The summed E-state index contributed by atoms with van der Waals surface area (Å²) in [6, 6.07) is 10.5. The number of nitrogens with zero attached hydrogens (tertiary/aromatic N) is 3. The van der Waals surface area contributed by atoms with E-state index in [9.17, 15) is 0 Å². The minimum atomic E-state index is 0.755. The van der Waals surface area contributed by atoms with Crippen LogP contribution in [0.5, 0.6) is 0 Å². The Balaban J connectivity index is 1.52. The molecule has 0 atom stereocenters. The van der Waals surface area contributed by atoms with Crippen LogP contribution >= 0.6 is 0 Å². The number of aromatic nitrogens is 2. The summed E-state index contributed by atoms with van der Waals surface area (Å²) in [5, 5.41) is 6.80. The largest absolute Gasteiger partial charge is 0.379 e. The van der Waals surface area contributed by atoms with Gasteiger partial charge in [0.05, 0.1) is 13.2 Å². The molecule has 6 nitrogen and oxygen atoms in total. The van der Waals surface area contributed by atoms with E-state index in [1.54, 1.807) is 0 Å². The number of anilines is 2. The minimum absolute atomic E-state index is 0.755. The zero-order valence-electron chi connectivity index (χ0n) is 15.1. The van der Waals surface area contributed by atoms with E-state index in [0.29, 0.717) is 0 Å². The maximum absolute atomic E-state index is 5.38. The fourth-order valence-electron chi connectivity index (χ4n) is 2.93. The molecule has 0 amide bonds. The van der Waals surface area contributed by atoms with E-state index in [-0.39, 0.29) is 0 Å². The van der Waals surface area contributed by atoms with E-state index in [1.807, 2.05) is 13.0 Å². The van der Waals surface area contributed by atoms with Crippen molar-refractivity contribution in [2.75, 3.05) is 50.0 Å². The molecule has 25 heavy (non-hydrogen) atoms. The fraction of sp³-hybridized carbons (Fsp3) is 0.474. The van der Waals surface area contributed by atoms with Gasteiger partial charge in [-0.15, -0.1) is 0 Å². The quantitative estimate of drug-likeness (QED) is 0.807. The van der Waals surface area contributed by atoms with E-state index >= 15 is 0 Å². The monoisotopic (exact) mass is 341 g/mol. The Hall–Kier alpha value is -2.18. The molecule has 0 spiro atoms. The van der Waals surface area contributed by atoms with Gasteiger partial charge in [-0.05, 0) is 19.4 Å². The highest BCUT2D eigenvalue weighted by molar-refractivity contribution is 5.48. The molecule has 2 N–H and O–H groups in total. The Morgan fingerprint density at radius 3 is 2.56 bits per heavy atom. The van der Waals surface area contributed by atoms with Crippen molar-refractivity contribution in [2.24, 2.45) is 0 Å². The normalized spacial score (nSPS) is 15.1. The van der Waals surface area contributed by atoms with Gasteiger partial charge >= 0.3 is 0 Å². The van der Waals surface area contributed by atoms with Gasteiger partial charge < -0.3 is 15.4 Å². The van der Waals surface area contributed by atoms with Gasteiger partial charge in [-0.25, -0.2) is 9.97 Å². The predicted octanol–water partition coefficient (Wildman–Crippen LogP) is 2.45. The van der Waals surface area contributed by atoms with Crippen molar-refractivity contribution in [2.45, 2.75) is 20.4 Å². The van der Waals surface area contributed by atoms with Crippen molar-refractivity contribution in [3.05, 3.63) is 47.3 Å². The lowest BCUT2D eigenvalue weighted by molar-refractivity contribution is 0.0398. The highest BCUT2D eigenvalue weighted by atomic mass is 16.5. The molecular formula is C19H27N5O. The highest BCUT2D eigenvalue weighted by Crippen LogP contribution is 2.13. The molecule has 1 fully saturated rings. The summed E-state index contributed by atoms with van der Waals surface area (Å²) in [6.45, 7) is 10.3. The lowest BCUT2D eigenvalue weighted by Gasteiger charge is -2.26. The molecule has 1 aromatic carbocycles. The molecule has 3 rings (SSSR count). The number of rotatable bonds is 7. The van der Waals surface area contributed by atoms with Crippen LogP contribution in [0.2, 0.25) is 0 Å². The maximum Gasteiger partial charge on any atom is 0.132 e. The molecular weight excluding hydrogens is 314 g/mol. The number of ether oxygens (including phenoxy) is 1. The van der Waals surface area contributed by atoms with Gasteiger partial charge in [-0.3, -0.25) is 4.90 Å². The van der Waals surface area contributed by atoms with Crippen LogP contribution in [0, 0.1) is 13.8 Å². The third-order valence-corrected chi connectivity index (χ3v) is 4.23. The van der Waals surface area contributed by atoms with Crippen LogP contribution in [-0.2, 0) is 11.3 Å². The van der Waals surface area contributed by atoms with Crippen LogP contribution in [0.3, 0.4) is 0 Å². The van der Waals surface area contributed by atoms with Crippen molar-refractivity contribution >= 4 is 11.6 Å². The van der Waals surface area contributed by atoms with Gasteiger partial charge in [0, 0.05) is 38.8 Å². The Labute approximate surface area is 149 Å². The molecule has 6 heteroatoms. The van der Waals surface area contributed by atoms with Crippen molar-refractivity contribution in [3.63, 3.8) is 0 Å². The topological polar surface area (TPSA) is 62.3 Å². The van der Waals surface area contributed by atoms with Crippen molar-refractivity contribution in [3.8, 4) is 0 Å². The summed E-state index contributed by atoms with van der Waals surface area (Å²) >= 11 is 0. The van der Waals surface area contributed by atoms with E-state index in [1.165, 1.54) is 11.1 Å². The smallest absolute Gasteiger partial charge is 0.132 e. The fourth-order valence-corrected chi connectivity index (χ4v) is 2.93. The predicted molar refractivity (Wildman–Crippen MR) is 101 cm³/mol. The average Bonchev–Trinajstić information content (AvgIpc) is 2.61. The Morgan fingerprint density at radius 2 is 1.80 bits per heavy atom. The van der Waals surface area contributed by atoms with Crippen molar-refractivity contribution in [1.82, 2.24) is 14.9 Å². The van der Waals surface area contributed by atoms with Gasteiger partial charge in [0.25, 0.3) is 0 Å². The van der Waals surface area contributed by atoms with Crippen LogP contribution in [0.15, 0.2) is 30.3 Å². The van der Waals surface area contributed by atoms with Crippen molar-refractivity contribution < 1.29 is 4.74 Å². The Morgan fingerprint density at radius 1 is 1.04 bits per heavy atom. The zero-order valence-corrected chi connectivity index (χ0v) is 15.1. The number of benzene rings is 1. The SMILES string of the molecule is Cc1cccc(CNc2cc(NCCN3CCOCC3)nc(C)n2)c1. The van der Waals surface area contributed by atoms with Crippen LogP contribution in [0.1, 0.15) is 17.0 Å². The van der Waals surface area contributed by atoms with E-state index in [4.69, 9.17) is 4.74 Å². The minimum Gasteiger partial charge on any atom is -0.379 e. The molecule has 2 heterocycles. The Bertz CT molecular complexity index is 685. The molecule has 1 saturated heterocycles. The number of aryl methyl sites for hydroxylation is 2. The number of hydrogen-bond donors (Lipinski definition) is 2. The van der Waals surface area contributed by atoms with E-state index in [0.717, 1.165) is 63.4 Å². The maximum atomic E-state index is 5.38. The molecule has 2 aromatic rings. The summed E-state index contributed by atoms with van der Waals surface area (Å²) in [5.74, 6) is 2.48. The molecule has 1 aromatic heterocycles. The Kier molecular flexibility index (Phi) is 6.19. The van der Waals surface area contributed by atoms with E-state index in [2.05, 4.69) is 56.7 Å². The molecule has 1 aliphatic heterocycles. The van der Waals surface area contributed by atoms with Gasteiger partial charge in [0.2, 0.25) is 0 Å². The second-order valence-electron chi connectivity index (χ2n) is 6.41. The van der Waals surface area contributed by atoms with E-state index < -0.39 is 0 Å². The molecule has 1 aliphatic rings. The van der Waals surface area contributed by atoms with Crippen LogP contribution in [0.4, 0.5) is 11.6 Å². The summed E-state index contributed by atoms with van der Waals surface area (Å²) in [4.78, 5) is 11.4. The summed E-state index contributed by atoms with van der Waals surface area (Å²) in [5.41, 5.74) is 2.52. The standard InChI is InChI=1S/C19H27N5O/c1-15-4-3-5-17(12-15)14-21-19-13-18(22-16(2)23-19)20-6-7-24-8-10-25-11-9-24/h3-5,12-13H,6-11,14H2,1-2H3,(H2,20,21,22,23). The first-order valence-corrected chi connectivity index (χ1v) is 8.88. The van der Waals surface area contributed by atoms with Crippen LogP contribution in [0.25, 0.3) is 0 Å². The lowest BCUT2D eigenvalue weighted by Crippen LogP contribution is -2.39. The molecule has 0 aliphatic carbocycles. The summed E-state index contributed by atoms with van der Waals surface area (Å²) < 4.78 is 5.38. The molecule has 0 unspecified atom stereocenters. The third kappa shape index (κ3) is 5.69. The number of morpholine rings is 1. The summed E-state index contributed by atoms with van der Waals surface area (Å²) in [7, 11) is 0. The first-order valence-electron chi connectivity index (χ1n) is 8.88. The molecule has 134 valence electrons. The number of hydrogen-bond acceptors (Lipinski definition) is 6. The van der Waals surface area contributed by atoms with Crippen LogP contribution in [-0.4, -0.2) is 54.3 Å². The molecule has 0 radical (unpaired) electrons. The van der Waals surface area contributed by atoms with Gasteiger partial charge in [-0.1, -0.05) is 29.8 Å².